The zero-order valence-electron chi connectivity index (χ0n) is 18.8. The van der Waals surface area contributed by atoms with Gasteiger partial charge in [0.05, 0.1) is 37.6 Å². The van der Waals surface area contributed by atoms with E-state index in [1.54, 1.807) is 17.0 Å². The molecule has 12 nitrogen and oxygen atoms in total. The van der Waals surface area contributed by atoms with Crippen LogP contribution in [0.4, 0.5) is 20.6 Å². The van der Waals surface area contributed by atoms with Crippen LogP contribution in [0.3, 0.4) is 0 Å². The van der Waals surface area contributed by atoms with Crippen LogP contribution in [0.5, 0.6) is 0 Å². The summed E-state index contributed by atoms with van der Waals surface area (Å²) >= 11 is 0. The summed E-state index contributed by atoms with van der Waals surface area (Å²) in [4.78, 5) is 60.1. The summed E-state index contributed by atoms with van der Waals surface area (Å²) < 4.78 is 23.1. The van der Waals surface area contributed by atoms with Crippen LogP contribution in [-0.4, -0.2) is 63.6 Å². The number of hydrogen-bond acceptors (Lipinski definition) is 8. The zero-order valence-corrected chi connectivity index (χ0v) is 18.8. The van der Waals surface area contributed by atoms with E-state index in [9.17, 15) is 19.2 Å². The number of amides is 2. The Kier molecular flexibility index (Phi) is 5.67. The monoisotopic (exact) mass is 483 g/mol. The topological polar surface area (TPSA) is 132 Å². The predicted molar refractivity (Wildman–Crippen MR) is 123 cm³/mol. The van der Waals surface area contributed by atoms with Crippen LogP contribution in [0.1, 0.15) is 6.92 Å². The van der Waals surface area contributed by atoms with E-state index in [2.05, 4.69) is 15.3 Å². The van der Waals surface area contributed by atoms with Crippen molar-refractivity contribution in [3.63, 3.8) is 0 Å². The van der Waals surface area contributed by atoms with Crippen LogP contribution in [0.15, 0.2) is 40.2 Å². The first-order valence-electron chi connectivity index (χ1n) is 11.0. The van der Waals surface area contributed by atoms with E-state index in [1.807, 2.05) is 0 Å². The molecule has 0 saturated carbocycles. The van der Waals surface area contributed by atoms with E-state index >= 15 is 4.39 Å². The predicted octanol–water partition coefficient (Wildman–Crippen LogP) is 0.0738. The highest BCUT2D eigenvalue weighted by molar-refractivity contribution is 5.90. The molecule has 1 N–H and O–H groups in total. The number of hydrogen-bond donors (Lipinski definition) is 1. The van der Waals surface area contributed by atoms with Crippen molar-refractivity contribution in [3.05, 3.63) is 57.1 Å². The molecule has 0 aliphatic carbocycles. The van der Waals surface area contributed by atoms with Crippen LogP contribution in [0.25, 0.3) is 11.0 Å². The van der Waals surface area contributed by atoms with Gasteiger partial charge in [0.15, 0.2) is 11.0 Å². The van der Waals surface area contributed by atoms with Gasteiger partial charge in [-0.05, 0) is 18.2 Å². The molecule has 2 aliphatic rings. The number of carbonyl (C=O) groups excluding carboxylic acids is 2. The van der Waals surface area contributed by atoms with Crippen molar-refractivity contribution in [1.82, 2.24) is 24.6 Å². The third kappa shape index (κ3) is 4.09. The van der Waals surface area contributed by atoms with E-state index in [0.717, 1.165) is 0 Å². The van der Waals surface area contributed by atoms with Crippen LogP contribution in [0.2, 0.25) is 0 Å². The van der Waals surface area contributed by atoms with Crippen LogP contribution >= 0.6 is 0 Å². The number of aromatic nitrogens is 4. The third-order valence-corrected chi connectivity index (χ3v) is 6.06. The fourth-order valence-corrected chi connectivity index (χ4v) is 4.36. The van der Waals surface area contributed by atoms with Crippen molar-refractivity contribution in [2.24, 2.45) is 0 Å². The SMILES string of the molecule is CC(=O)NC[C@H]1CN(c2ccc(N3CCn4c(=O)c5nccnc5c(=O)n4CC3)c(F)c2)C(=O)O1. The molecule has 2 amide bonds. The highest BCUT2D eigenvalue weighted by atomic mass is 19.1. The van der Waals surface area contributed by atoms with Gasteiger partial charge in [-0.1, -0.05) is 0 Å². The number of cyclic esters (lactones) is 1. The van der Waals surface area contributed by atoms with Crippen molar-refractivity contribution >= 4 is 34.4 Å². The van der Waals surface area contributed by atoms with Gasteiger partial charge in [-0.15, -0.1) is 0 Å². The molecule has 1 saturated heterocycles. The van der Waals surface area contributed by atoms with E-state index in [1.165, 1.54) is 39.6 Å². The lowest BCUT2D eigenvalue weighted by molar-refractivity contribution is -0.119. The summed E-state index contributed by atoms with van der Waals surface area (Å²) in [6.45, 7) is 2.60. The molecular weight excluding hydrogens is 461 g/mol. The van der Waals surface area contributed by atoms with Gasteiger partial charge in [-0.3, -0.25) is 19.3 Å². The molecule has 0 unspecified atom stereocenters. The average molecular weight is 483 g/mol. The Morgan fingerprint density at radius 2 is 1.69 bits per heavy atom. The summed E-state index contributed by atoms with van der Waals surface area (Å²) in [5.41, 5.74) is -0.223. The van der Waals surface area contributed by atoms with Crippen molar-refractivity contribution in [2.75, 3.05) is 36.0 Å². The largest absolute Gasteiger partial charge is 0.442 e. The van der Waals surface area contributed by atoms with Crippen molar-refractivity contribution < 1.29 is 18.7 Å². The maximum absolute atomic E-state index is 15.2. The first-order chi connectivity index (χ1) is 16.8. The zero-order chi connectivity index (χ0) is 24.7. The number of anilines is 2. The van der Waals surface area contributed by atoms with Gasteiger partial charge in [0, 0.05) is 32.4 Å². The summed E-state index contributed by atoms with van der Waals surface area (Å²) in [5, 5.41) is 2.60. The van der Waals surface area contributed by atoms with E-state index < -0.39 is 29.1 Å². The average Bonchev–Trinajstić information content (AvgIpc) is 3.07. The number of fused-ring (bicyclic) bond motifs is 2. The molecule has 2 aromatic heterocycles. The smallest absolute Gasteiger partial charge is 0.414 e. The van der Waals surface area contributed by atoms with Crippen molar-refractivity contribution in [2.45, 2.75) is 26.1 Å². The Morgan fingerprint density at radius 3 is 2.26 bits per heavy atom. The lowest BCUT2D eigenvalue weighted by Crippen LogP contribution is -2.39. The Morgan fingerprint density at radius 1 is 1.06 bits per heavy atom. The Labute approximate surface area is 197 Å². The fourth-order valence-electron chi connectivity index (χ4n) is 4.36. The minimum atomic E-state index is -0.620. The minimum Gasteiger partial charge on any atom is -0.442 e. The fraction of sp³-hybridized carbons (Fsp3) is 0.364. The molecule has 13 heteroatoms. The highest BCUT2D eigenvalue weighted by Crippen LogP contribution is 2.28. The van der Waals surface area contributed by atoms with E-state index in [-0.39, 0.29) is 61.9 Å². The van der Waals surface area contributed by atoms with Gasteiger partial charge < -0.3 is 15.0 Å². The van der Waals surface area contributed by atoms with Crippen LogP contribution in [0, 0.1) is 5.82 Å². The maximum Gasteiger partial charge on any atom is 0.414 e. The van der Waals surface area contributed by atoms with E-state index in [4.69, 9.17) is 4.74 Å². The number of nitrogens with zero attached hydrogens (tertiary/aromatic N) is 6. The standard InChI is InChI=1S/C22H22FN7O5/c1-13(31)26-11-15-12-28(22(34)35-15)14-2-3-17(16(23)10-14)27-6-8-29-20(32)18-19(25-5-4-24-18)21(33)30(29)9-7-27/h2-5,10,15H,6-9,11-12H2,1H3,(H,26,31)/t15-/m0/s1. The first kappa shape index (κ1) is 22.5. The molecule has 1 fully saturated rings. The second kappa shape index (κ2) is 8.81. The molecular formula is C22H22FN7O5. The van der Waals surface area contributed by atoms with Gasteiger partial charge in [-0.2, -0.15) is 0 Å². The summed E-state index contributed by atoms with van der Waals surface area (Å²) in [6.07, 6.45) is 1.57. The quantitative estimate of drug-likeness (QED) is 0.552. The second-order valence-corrected chi connectivity index (χ2v) is 8.29. The summed E-state index contributed by atoms with van der Waals surface area (Å²) in [7, 11) is 0. The highest BCUT2D eigenvalue weighted by Gasteiger charge is 2.33. The number of benzene rings is 1. The molecule has 5 rings (SSSR count). The Bertz CT molecular complexity index is 1390. The van der Waals surface area contributed by atoms with Gasteiger partial charge in [0.1, 0.15) is 11.9 Å². The molecule has 3 aromatic rings. The summed E-state index contributed by atoms with van der Waals surface area (Å²) in [6, 6.07) is 4.41. The van der Waals surface area contributed by atoms with Gasteiger partial charge >= 0.3 is 6.09 Å². The van der Waals surface area contributed by atoms with Crippen LogP contribution in [-0.2, 0) is 22.6 Å². The lowest BCUT2D eigenvalue weighted by Gasteiger charge is -2.23. The molecule has 1 aromatic carbocycles. The minimum absolute atomic E-state index is 0.00652. The number of ether oxygens (including phenoxy) is 1. The second-order valence-electron chi connectivity index (χ2n) is 8.29. The van der Waals surface area contributed by atoms with Crippen molar-refractivity contribution in [3.8, 4) is 0 Å². The van der Waals surface area contributed by atoms with Crippen LogP contribution < -0.4 is 26.2 Å². The Balaban J connectivity index is 1.36. The lowest BCUT2D eigenvalue weighted by atomic mass is 10.2. The molecule has 182 valence electrons. The van der Waals surface area contributed by atoms with E-state index in [0.29, 0.717) is 5.69 Å². The molecule has 0 radical (unpaired) electrons. The maximum atomic E-state index is 15.2. The molecule has 1 atom stereocenters. The third-order valence-electron chi connectivity index (χ3n) is 6.06. The molecule has 35 heavy (non-hydrogen) atoms. The van der Waals surface area contributed by atoms with Crippen molar-refractivity contribution in [1.29, 1.82) is 0 Å². The Hall–Kier alpha value is -4.29. The van der Waals surface area contributed by atoms with Gasteiger partial charge in [0.25, 0.3) is 11.1 Å². The molecule has 2 aliphatic heterocycles. The summed E-state index contributed by atoms with van der Waals surface area (Å²) in [5.74, 6) is -0.792. The molecule has 4 heterocycles. The van der Waals surface area contributed by atoms with Gasteiger partial charge in [0.2, 0.25) is 5.91 Å². The first-order valence-corrected chi connectivity index (χ1v) is 11.0. The number of halogens is 1. The van der Waals surface area contributed by atoms with Gasteiger partial charge in [-0.25, -0.2) is 28.5 Å². The number of carbonyl (C=O) groups is 2. The normalized spacial score (nSPS) is 17.8. The molecule has 0 bridgehead atoms. The number of nitrogens with one attached hydrogen (secondary N) is 1. The number of rotatable bonds is 4. The molecule has 0 spiro atoms.